The molecule has 108 valence electrons. The Bertz CT molecular complexity index is 732. The van der Waals surface area contributed by atoms with E-state index in [2.05, 4.69) is 11.9 Å². The fraction of sp³-hybridized carbons (Fsp3) is 0.125. The third kappa shape index (κ3) is 3.39. The summed E-state index contributed by atoms with van der Waals surface area (Å²) in [5, 5.41) is 10.7. The zero-order chi connectivity index (χ0) is 15.4. The standard InChI is InChI=1S/C16H18N4O/c1-11(17)14-8-9-15(21)20(16(14)19-12(2)18)10-13-6-4-3-5-7-13/h3-9,17,19H,2,10,18H2,1H3. The first kappa shape index (κ1) is 14.6. The number of nitrogens with two attached hydrogens (primary N) is 1. The highest BCUT2D eigenvalue weighted by molar-refractivity contribution is 6.00. The summed E-state index contributed by atoms with van der Waals surface area (Å²) in [5.74, 6) is 0.719. The van der Waals surface area contributed by atoms with Crippen LogP contribution < -0.4 is 16.6 Å². The lowest BCUT2D eigenvalue weighted by Gasteiger charge is -2.18. The molecule has 0 unspecified atom stereocenters. The van der Waals surface area contributed by atoms with E-state index in [-0.39, 0.29) is 11.4 Å². The highest BCUT2D eigenvalue weighted by atomic mass is 16.1. The fourth-order valence-electron chi connectivity index (χ4n) is 2.09. The Morgan fingerprint density at radius 2 is 1.95 bits per heavy atom. The van der Waals surface area contributed by atoms with Gasteiger partial charge in [-0.15, -0.1) is 0 Å². The monoisotopic (exact) mass is 282 g/mol. The van der Waals surface area contributed by atoms with Gasteiger partial charge in [-0.05, 0) is 18.6 Å². The average molecular weight is 282 g/mol. The summed E-state index contributed by atoms with van der Waals surface area (Å²) in [7, 11) is 0. The third-order valence-electron chi connectivity index (χ3n) is 3.05. The van der Waals surface area contributed by atoms with Crippen LogP contribution in [0.3, 0.4) is 0 Å². The number of aromatic nitrogens is 1. The molecule has 0 spiro atoms. The van der Waals surface area contributed by atoms with Gasteiger partial charge in [-0.25, -0.2) is 0 Å². The third-order valence-corrected chi connectivity index (χ3v) is 3.05. The first-order chi connectivity index (χ1) is 9.99. The number of rotatable bonds is 5. The van der Waals surface area contributed by atoms with E-state index in [9.17, 15) is 4.79 Å². The highest BCUT2D eigenvalue weighted by Crippen LogP contribution is 2.16. The molecule has 2 aromatic rings. The SMILES string of the molecule is C=C(N)Nc1c(C(C)=N)ccc(=O)n1Cc1ccccc1. The van der Waals surface area contributed by atoms with Crippen LogP contribution in [0.1, 0.15) is 18.1 Å². The summed E-state index contributed by atoms with van der Waals surface area (Å²) < 4.78 is 1.56. The maximum Gasteiger partial charge on any atom is 0.252 e. The van der Waals surface area contributed by atoms with E-state index in [1.165, 1.54) is 6.07 Å². The number of nitrogens with zero attached hydrogens (tertiary/aromatic N) is 1. The molecule has 21 heavy (non-hydrogen) atoms. The molecule has 2 rings (SSSR count). The second-order valence-corrected chi connectivity index (χ2v) is 4.78. The van der Waals surface area contributed by atoms with Crippen LogP contribution >= 0.6 is 0 Å². The van der Waals surface area contributed by atoms with Crippen molar-refractivity contribution in [2.75, 3.05) is 5.32 Å². The summed E-state index contributed by atoms with van der Waals surface area (Å²) in [6.45, 7) is 5.67. The van der Waals surface area contributed by atoms with Crippen LogP contribution in [0.25, 0.3) is 0 Å². The Kier molecular flexibility index (Phi) is 4.23. The van der Waals surface area contributed by atoms with Gasteiger partial charge in [-0.1, -0.05) is 36.9 Å². The Balaban J connectivity index is 2.56. The van der Waals surface area contributed by atoms with E-state index in [0.717, 1.165) is 5.56 Å². The molecular formula is C16H18N4O. The van der Waals surface area contributed by atoms with E-state index in [1.54, 1.807) is 17.6 Å². The van der Waals surface area contributed by atoms with E-state index in [4.69, 9.17) is 11.1 Å². The van der Waals surface area contributed by atoms with Gasteiger partial charge < -0.3 is 16.5 Å². The molecule has 0 aliphatic heterocycles. The molecule has 0 atom stereocenters. The number of nitrogens with one attached hydrogen (secondary N) is 2. The average Bonchev–Trinajstić information content (AvgIpc) is 2.43. The van der Waals surface area contributed by atoms with Crippen LogP contribution in [0.5, 0.6) is 0 Å². The Hall–Kier alpha value is -2.82. The van der Waals surface area contributed by atoms with Gasteiger partial charge in [0.25, 0.3) is 5.56 Å². The smallest absolute Gasteiger partial charge is 0.252 e. The minimum absolute atomic E-state index is 0.160. The number of hydrogen-bond donors (Lipinski definition) is 3. The lowest BCUT2D eigenvalue weighted by Crippen LogP contribution is -2.26. The van der Waals surface area contributed by atoms with Gasteiger partial charge in [-0.2, -0.15) is 0 Å². The van der Waals surface area contributed by atoms with Crippen molar-refractivity contribution in [3.8, 4) is 0 Å². The van der Waals surface area contributed by atoms with Crippen molar-refractivity contribution >= 4 is 11.5 Å². The molecular weight excluding hydrogens is 264 g/mol. The van der Waals surface area contributed by atoms with Gasteiger partial charge >= 0.3 is 0 Å². The summed E-state index contributed by atoms with van der Waals surface area (Å²) >= 11 is 0. The molecule has 0 fully saturated rings. The van der Waals surface area contributed by atoms with Crippen LogP contribution in [0.15, 0.2) is 59.7 Å². The Labute approximate surface area is 123 Å². The Morgan fingerprint density at radius 3 is 2.52 bits per heavy atom. The molecule has 1 aromatic heterocycles. The lowest BCUT2D eigenvalue weighted by atomic mass is 10.1. The van der Waals surface area contributed by atoms with Crippen LogP contribution in [0, 0.1) is 5.41 Å². The maximum absolute atomic E-state index is 12.2. The number of hydrogen-bond acceptors (Lipinski definition) is 4. The largest absolute Gasteiger partial charge is 0.386 e. The first-order valence-electron chi connectivity index (χ1n) is 6.53. The normalized spacial score (nSPS) is 10.1. The van der Waals surface area contributed by atoms with Crippen molar-refractivity contribution in [1.82, 2.24) is 4.57 Å². The zero-order valence-electron chi connectivity index (χ0n) is 11.9. The summed E-state index contributed by atoms with van der Waals surface area (Å²) in [6, 6.07) is 12.7. The molecule has 5 nitrogen and oxygen atoms in total. The quantitative estimate of drug-likeness (QED) is 0.734. The number of anilines is 1. The van der Waals surface area contributed by atoms with Gasteiger partial charge in [0.1, 0.15) is 5.82 Å². The molecule has 0 aliphatic carbocycles. The lowest BCUT2D eigenvalue weighted by molar-refractivity contribution is 0.765. The van der Waals surface area contributed by atoms with E-state index in [1.807, 2.05) is 30.3 Å². The van der Waals surface area contributed by atoms with Gasteiger partial charge in [0.15, 0.2) is 0 Å². The van der Waals surface area contributed by atoms with E-state index >= 15 is 0 Å². The predicted molar refractivity (Wildman–Crippen MR) is 85.7 cm³/mol. The second-order valence-electron chi connectivity index (χ2n) is 4.78. The molecule has 0 saturated carbocycles. The molecule has 0 aliphatic rings. The molecule has 1 aromatic carbocycles. The Morgan fingerprint density at radius 1 is 1.29 bits per heavy atom. The minimum atomic E-state index is -0.160. The molecule has 1 heterocycles. The van der Waals surface area contributed by atoms with Crippen molar-refractivity contribution in [3.05, 3.63) is 76.3 Å². The number of benzene rings is 1. The van der Waals surface area contributed by atoms with Crippen LogP contribution in [-0.4, -0.2) is 10.3 Å². The van der Waals surface area contributed by atoms with Crippen molar-refractivity contribution < 1.29 is 0 Å². The second kappa shape index (κ2) is 6.09. The molecule has 4 N–H and O–H groups in total. The van der Waals surface area contributed by atoms with E-state index < -0.39 is 0 Å². The van der Waals surface area contributed by atoms with Crippen molar-refractivity contribution in [2.24, 2.45) is 5.73 Å². The van der Waals surface area contributed by atoms with Crippen molar-refractivity contribution in [3.63, 3.8) is 0 Å². The topological polar surface area (TPSA) is 83.9 Å². The summed E-state index contributed by atoms with van der Waals surface area (Å²) in [4.78, 5) is 12.2. The minimum Gasteiger partial charge on any atom is -0.386 e. The van der Waals surface area contributed by atoms with Gasteiger partial charge in [0.2, 0.25) is 0 Å². The fourth-order valence-corrected chi connectivity index (χ4v) is 2.09. The molecule has 5 heteroatoms. The maximum atomic E-state index is 12.2. The van der Waals surface area contributed by atoms with Crippen LogP contribution in [0.2, 0.25) is 0 Å². The van der Waals surface area contributed by atoms with Gasteiger partial charge in [0.05, 0.1) is 12.4 Å². The summed E-state index contributed by atoms with van der Waals surface area (Å²) in [5.41, 5.74) is 7.42. The van der Waals surface area contributed by atoms with Crippen molar-refractivity contribution in [1.29, 1.82) is 5.41 Å². The molecule has 0 saturated heterocycles. The van der Waals surface area contributed by atoms with Crippen molar-refractivity contribution in [2.45, 2.75) is 13.5 Å². The number of pyridine rings is 1. The van der Waals surface area contributed by atoms with Gasteiger partial charge in [-0.3, -0.25) is 9.36 Å². The molecule has 0 amide bonds. The molecule has 0 radical (unpaired) electrons. The van der Waals surface area contributed by atoms with Gasteiger partial charge in [0, 0.05) is 17.3 Å². The van der Waals surface area contributed by atoms with E-state index in [0.29, 0.717) is 23.6 Å². The zero-order valence-corrected chi connectivity index (χ0v) is 11.9. The van der Waals surface area contributed by atoms with Crippen LogP contribution in [-0.2, 0) is 6.54 Å². The highest BCUT2D eigenvalue weighted by Gasteiger charge is 2.12. The first-order valence-corrected chi connectivity index (χ1v) is 6.53. The van der Waals surface area contributed by atoms with Crippen LogP contribution in [0.4, 0.5) is 5.82 Å². The molecule has 0 bridgehead atoms. The summed E-state index contributed by atoms with van der Waals surface area (Å²) in [6.07, 6.45) is 0. The predicted octanol–water partition coefficient (Wildman–Crippen LogP) is 2.13.